The fourth-order valence-corrected chi connectivity index (χ4v) is 3.07. The van der Waals surface area contributed by atoms with Crippen LogP contribution in [0.25, 0.3) is 11.5 Å². The van der Waals surface area contributed by atoms with Gasteiger partial charge in [0.1, 0.15) is 5.75 Å². The van der Waals surface area contributed by atoms with Gasteiger partial charge in [-0.25, -0.2) is 0 Å². The molecule has 4 rings (SSSR count). The number of carbonyl (C=O) groups excluding carboxylic acids is 1. The monoisotopic (exact) mass is 335 g/mol. The van der Waals surface area contributed by atoms with Gasteiger partial charge in [0.25, 0.3) is 5.89 Å². The lowest BCUT2D eigenvalue weighted by Gasteiger charge is -2.15. The maximum absolute atomic E-state index is 12.4. The first kappa shape index (κ1) is 15.4. The second-order valence-corrected chi connectivity index (χ2v) is 5.90. The van der Waals surface area contributed by atoms with E-state index in [1.165, 1.54) is 0 Å². The number of anilines is 1. The molecule has 25 heavy (non-hydrogen) atoms. The minimum Gasteiger partial charge on any atom is -0.496 e. The van der Waals surface area contributed by atoms with Gasteiger partial charge in [0, 0.05) is 24.6 Å². The highest BCUT2D eigenvalue weighted by atomic mass is 16.5. The van der Waals surface area contributed by atoms with Crippen molar-refractivity contribution in [2.45, 2.75) is 12.3 Å². The van der Waals surface area contributed by atoms with Crippen molar-refractivity contribution >= 4 is 11.6 Å². The highest BCUT2D eigenvalue weighted by molar-refractivity contribution is 5.96. The summed E-state index contributed by atoms with van der Waals surface area (Å²) in [5.41, 5.74) is 1.64. The number of rotatable bonds is 4. The van der Waals surface area contributed by atoms with Gasteiger partial charge in [-0.2, -0.15) is 4.98 Å². The third-order valence-corrected chi connectivity index (χ3v) is 4.34. The van der Waals surface area contributed by atoms with Gasteiger partial charge in [-0.3, -0.25) is 4.79 Å². The number of hydrogen-bond donors (Lipinski definition) is 0. The molecule has 3 aromatic rings. The molecule has 0 bridgehead atoms. The van der Waals surface area contributed by atoms with Crippen molar-refractivity contribution in [2.75, 3.05) is 18.6 Å². The number of carbonyl (C=O) groups is 1. The first-order valence-electron chi connectivity index (χ1n) is 8.08. The summed E-state index contributed by atoms with van der Waals surface area (Å²) in [6.45, 7) is 0.549. The van der Waals surface area contributed by atoms with E-state index < -0.39 is 0 Å². The highest BCUT2D eigenvalue weighted by Crippen LogP contribution is 2.33. The van der Waals surface area contributed by atoms with Crippen LogP contribution < -0.4 is 9.64 Å². The van der Waals surface area contributed by atoms with E-state index >= 15 is 0 Å². The lowest BCUT2D eigenvalue weighted by atomic mass is 10.1. The van der Waals surface area contributed by atoms with Crippen LogP contribution in [0, 0.1) is 0 Å². The fourth-order valence-electron chi connectivity index (χ4n) is 3.07. The molecular weight excluding hydrogens is 318 g/mol. The molecule has 0 radical (unpaired) electrons. The predicted octanol–water partition coefficient (Wildman–Crippen LogP) is 3.27. The molecule has 0 aliphatic carbocycles. The number of aromatic nitrogens is 2. The molecule has 1 fully saturated rings. The normalized spacial score (nSPS) is 17.1. The van der Waals surface area contributed by atoms with E-state index in [9.17, 15) is 4.79 Å². The van der Waals surface area contributed by atoms with E-state index in [4.69, 9.17) is 9.26 Å². The molecule has 126 valence electrons. The molecule has 2 aromatic carbocycles. The van der Waals surface area contributed by atoms with Gasteiger partial charge < -0.3 is 14.2 Å². The predicted molar refractivity (Wildman–Crippen MR) is 92.4 cm³/mol. The molecule has 0 N–H and O–H groups in total. The Morgan fingerprint density at radius 2 is 1.88 bits per heavy atom. The van der Waals surface area contributed by atoms with Gasteiger partial charge >= 0.3 is 0 Å². The molecule has 0 unspecified atom stereocenters. The Labute approximate surface area is 145 Å². The average Bonchev–Trinajstić information content (AvgIpc) is 3.29. The maximum atomic E-state index is 12.4. The Hall–Kier alpha value is -3.15. The zero-order valence-electron chi connectivity index (χ0n) is 13.8. The molecule has 2 heterocycles. The summed E-state index contributed by atoms with van der Waals surface area (Å²) in [4.78, 5) is 18.6. The molecule has 1 aliphatic heterocycles. The lowest BCUT2D eigenvalue weighted by molar-refractivity contribution is -0.117. The molecule has 1 saturated heterocycles. The molecule has 1 atom stereocenters. The van der Waals surface area contributed by atoms with Crippen LogP contribution >= 0.6 is 0 Å². The molecule has 6 nitrogen and oxygen atoms in total. The lowest BCUT2D eigenvalue weighted by Crippen LogP contribution is -2.24. The van der Waals surface area contributed by atoms with Gasteiger partial charge in [0.2, 0.25) is 5.91 Å². The Morgan fingerprint density at radius 3 is 2.68 bits per heavy atom. The number of amides is 1. The summed E-state index contributed by atoms with van der Waals surface area (Å²) >= 11 is 0. The van der Waals surface area contributed by atoms with Gasteiger partial charge in [0.15, 0.2) is 5.82 Å². The number of benzene rings is 2. The summed E-state index contributed by atoms with van der Waals surface area (Å²) in [6.07, 6.45) is 0.375. The second kappa shape index (κ2) is 6.39. The molecule has 1 amide bonds. The zero-order valence-corrected chi connectivity index (χ0v) is 13.8. The van der Waals surface area contributed by atoms with E-state index in [-0.39, 0.29) is 11.8 Å². The highest BCUT2D eigenvalue weighted by Gasteiger charge is 2.34. The Balaban J connectivity index is 1.58. The Kier molecular flexibility index (Phi) is 3.93. The van der Waals surface area contributed by atoms with Crippen LogP contribution in [-0.4, -0.2) is 29.7 Å². The van der Waals surface area contributed by atoms with Crippen LogP contribution in [0.1, 0.15) is 18.2 Å². The first-order valence-corrected chi connectivity index (χ1v) is 8.08. The number of ether oxygens (including phenoxy) is 1. The summed E-state index contributed by atoms with van der Waals surface area (Å²) in [7, 11) is 1.60. The van der Waals surface area contributed by atoms with Gasteiger partial charge in [0.05, 0.1) is 12.7 Å². The SMILES string of the molecule is COc1ccccc1-c1nc([C@@H]2CC(=O)N(c3ccccc3)C2)no1. The van der Waals surface area contributed by atoms with Crippen molar-refractivity contribution in [3.8, 4) is 17.2 Å². The van der Waals surface area contributed by atoms with Crippen molar-refractivity contribution in [1.82, 2.24) is 10.1 Å². The zero-order chi connectivity index (χ0) is 17.2. The van der Waals surface area contributed by atoms with Crippen LogP contribution in [0.15, 0.2) is 59.1 Å². The van der Waals surface area contributed by atoms with Crippen molar-refractivity contribution in [2.24, 2.45) is 0 Å². The quantitative estimate of drug-likeness (QED) is 0.732. The summed E-state index contributed by atoms with van der Waals surface area (Å²) in [5.74, 6) is 1.61. The standard InChI is InChI=1S/C19H17N3O3/c1-24-16-10-6-5-9-15(16)19-20-18(21-25-19)13-11-17(23)22(12-13)14-7-3-2-4-8-14/h2-10,13H,11-12H2,1H3/t13-/m1/s1. The minimum absolute atomic E-state index is 0.0693. The average molecular weight is 335 g/mol. The molecular formula is C19H17N3O3. The van der Waals surface area contributed by atoms with Crippen LogP contribution in [0.3, 0.4) is 0 Å². The summed E-state index contributed by atoms with van der Waals surface area (Å²) < 4.78 is 10.7. The van der Waals surface area contributed by atoms with E-state index in [1.807, 2.05) is 54.6 Å². The van der Waals surface area contributed by atoms with Crippen LogP contribution in [0.5, 0.6) is 5.75 Å². The van der Waals surface area contributed by atoms with Crippen molar-refractivity contribution in [1.29, 1.82) is 0 Å². The smallest absolute Gasteiger partial charge is 0.261 e. The van der Waals surface area contributed by atoms with Crippen molar-refractivity contribution in [3.63, 3.8) is 0 Å². The van der Waals surface area contributed by atoms with Crippen molar-refractivity contribution < 1.29 is 14.1 Å². The Morgan fingerprint density at radius 1 is 1.12 bits per heavy atom. The van der Waals surface area contributed by atoms with E-state index in [2.05, 4.69) is 10.1 Å². The minimum atomic E-state index is -0.0834. The van der Waals surface area contributed by atoms with Gasteiger partial charge in [-0.05, 0) is 24.3 Å². The summed E-state index contributed by atoms with van der Waals surface area (Å²) in [5, 5.41) is 4.09. The second-order valence-electron chi connectivity index (χ2n) is 5.90. The fraction of sp³-hybridized carbons (Fsp3) is 0.211. The third kappa shape index (κ3) is 2.87. The van der Waals surface area contributed by atoms with Crippen LogP contribution in [0.2, 0.25) is 0 Å². The third-order valence-electron chi connectivity index (χ3n) is 4.34. The Bertz CT molecular complexity index is 892. The van der Waals surface area contributed by atoms with Crippen LogP contribution in [-0.2, 0) is 4.79 Å². The molecule has 6 heteroatoms. The van der Waals surface area contributed by atoms with E-state index in [0.717, 1.165) is 11.3 Å². The number of methoxy groups -OCH3 is 1. The van der Waals surface area contributed by atoms with E-state index in [1.54, 1.807) is 12.0 Å². The molecule has 1 aromatic heterocycles. The summed E-state index contributed by atoms with van der Waals surface area (Å²) in [6, 6.07) is 17.1. The van der Waals surface area contributed by atoms with E-state index in [0.29, 0.717) is 30.4 Å². The van der Waals surface area contributed by atoms with Gasteiger partial charge in [-0.15, -0.1) is 0 Å². The topological polar surface area (TPSA) is 68.5 Å². The van der Waals surface area contributed by atoms with Crippen LogP contribution in [0.4, 0.5) is 5.69 Å². The van der Waals surface area contributed by atoms with Gasteiger partial charge in [-0.1, -0.05) is 35.5 Å². The largest absolute Gasteiger partial charge is 0.496 e. The molecule has 0 spiro atoms. The molecule has 1 aliphatic rings. The first-order chi connectivity index (χ1) is 12.3. The number of nitrogens with zero attached hydrogens (tertiary/aromatic N) is 3. The van der Waals surface area contributed by atoms with Crippen molar-refractivity contribution in [3.05, 3.63) is 60.4 Å². The maximum Gasteiger partial charge on any atom is 0.261 e. The molecule has 0 saturated carbocycles. The number of hydrogen-bond acceptors (Lipinski definition) is 5. The number of para-hydroxylation sites is 2.